The molecule has 2 aromatic rings. The molecule has 3 rings (SSSR count). The van der Waals surface area contributed by atoms with Crippen LogP contribution in [0.3, 0.4) is 0 Å². The van der Waals surface area contributed by atoms with Gasteiger partial charge in [0.1, 0.15) is 5.82 Å². The second-order valence-electron chi connectivity index (χ2n) is 9.91. The lowest BCUT2D eigenvalue weighted by Gasteiger charge is -2.41. The number of carbonyl (C=O) groups excluding carboxylic acids is 2. The lowest BCUT2D eigenvalue weighted by molar-refractivity contribution is -0.137. The van der Waals surface area contributed by atoms with Crippen molar-refractivity contribution in [2.75, 3.05) is 13.1 Å². The van der Waals surface area contributed by atoms with Crippen molar-refractivity contribution in [3.63, 3.8) is 0 Å². The molecule has 1 amide bonds. The average Bonchev–Trinajstić information content (AvgIpc) is 2.89. The van der Waals surface area contributed by atoms with E-state index in [0.29, 0.717) is 16.8 Å². The number of halogens is 4. The molecule has 0 atom stereocenters. The van der Waals surface area contributed by atoms with Gasteiger partial charge in [-0.25, -0.2) is 4.39 Å². The first-order valence-electron chi connectivity index (χ1n) is 12.3. The Morgan fingerprint density at radius 1 is 1.10 bits per heavy atom. The van der Waals surface area contributed by atoms with E-state index in [-0.39, 0.29) is 36.7 Å². The van der Waals surface area contributed by atoms with Gasteiger partial charge in [-0.05, 0) is 36.8 Å². The highest BCUT2D eigenvalue weighted by molar-refractivity contribution is 6.15. The Balaban J connectivity index is 0.000000598. The molecule has 0 saturated carbocycles. The second kappa shape index (κ2) is 13.2. The van der Waals surface area contributed by atoms with Gasteiger partial charge in [0.2, 0.25) is 0 Å². The molecule has 1 aliphatic rings. The third kappa shape index (κ3) is 8.36. The summed E-state index contributed by atoms with van der Waals surface area (Å²) in [6, 6.07) is 11.1. The van der Waals surface area contributed by atoms with Crippen molar-refractivity contribution in [1.29, 1.82) is 5.41 Å². The van der Waals surface area contributed by atoms with Crippen LogP contribution in [0.1, 0.15) is 37.5 Å². The summed E-state index contributed by atoms with van der Waals surface area (Å²) in [5.41, 5.74) is 12.5. The summed E-state index contributed by atoms with van der Waals surface area (Å²) in [5, 5.41) is 7.36. The standard InChI is InChI=1S/C22H26F3N5O2.C7H7F/c1-13(31)18(28)17-11-30(20(32)15(8-26)9-27)12-21(2,3)19(17)29-10-14-4-6-16(7-5-14)22(23,24)25;1-6-2-4-7(8)5-3-6/h4-9,26H,10-12,27-28H2,1-3H3;2-5H,1H3/b15-9+,18-17-,26-8?,29-19?;. The van der Waals surface area contributed by atoms with Crippen molar-refractivity contribution in [3.05, 3.63) is 94.1 Å². The van der Waals surface area contributed by atoms with Crippen molar-refractivity contribution < 1.29 is 27.2 Å². The van der Waals surface area contributed by atoms with Crippen LogP contribution in [-0.4, -0.2) is 41.6 Å². The van der Waals surface area contributed by atoms with Crippen molar-refractivity contribution in [1.82, 2.24) is 4.90 Å². The third-order valence-electron chi connectivity index (χ3n) is 6.15. The Hall–Kier alpha value is -4.28. The van der Waals surface area contributed by atoms with Crippen molar-refractivity contribution in [2.24, 2.45) is 21.9 Å². The van der Waals surface area contributed by atoms with E-state index in [9.17, 15) is 27.2 Å². The molecule has 7 nitrogen and oxygen atoms in total. The van der Waals surface area contributed by atoms with Crippen LogP contribution in [0.15, 0.2) is 76.6 Å². The van der Waals surface area contributed by atoms with Crippen LogP contribution in [0.4, 0.5) is 17.6 Å². The van der Waals surface area contributed by atoms with E-state index in [1.807, 2.05) is 20.8 Å². The molecule has 214 valence electrons. The number of piperidine rings is 1. The van der Waals surface area contributed by atoms with E-state index >= 15 is 0 Å². The molecule has 0 bridgehead atoms. The van der Waals surface area contributed by atoms with Gasteiger partial charge < -0.3 is 21.8 Å². The molecule has 40 heavy (non-hydrogen) atoms. The quantitative estimate of drug-likeness (QED) is 0.272. The molecule has 1 saturated heterocycles. The Morgan fingerprint density at radius 3 is 2.12 bits per heavy atom. The van der Waals surface area contributed by atoms with Gasteiger partial charge in [0.15, 0.2) is 5.78 Å². The normalized spacial score (nSPS) is 17.6. The predicted molar refractivity (Wildman–Crippen MR) is 147 cm³/mol. The number of nitrogens with one attached hydrogen (secondary N) is 1. The number of carbonyl (C=O) groups is 2. The minimum absolute atomic E-state index is 0.00769. The zero-order valence-electron chi connectivity index (χ0n) is 22.8. The summed E-state index contributed by atoms with van der Waals surface area (Å²) in [6.07, 6.45) is -2.54. The van der Waals surface area contributed by atoms with E-state index < -0.39 is 28.8 Å². The van der Waals surface area contributed by atoms with Gasteiger partial charge in [-0.1, -0.05) is 43.7 Å². The number of amides is 1. The van der Waals surface area contributed by atoms with E-state index in [1.54, 1.807) is 12.1 Å². The number of hydrogen-bond donors (Lipinski definition) is 3. The van der Waals surface area contributed by atoms with Crippen LogP contribution < -0.4 is 11.5 Å². The second-order valence-corrected chi connectivity index (χ2v) is 9.91. The first-order valence-corrected chi connectivity index (χ1v) is 12.3. The number of nitrogens with zero attached hydrogens (tertiary/aromatic N) is 2. The van der Waals surface area contributed by atoms with Gasteiger partial charge >= 0.3 is 6.18 Å². The summed E-state index contributed by atoms with van der Waals surface area (Å²) in [5.74, 6) is -1.05. The molecule has 1 heterocycles. The topological polar surface area (TPSA) is 126 Å². The first kappa shape index (κ1) is 31.9. The van der Waals surface area contributed by atoms with Crippen LogP contribution in [0.5, 0.6) is 0 Å². The highest BCUT2D eigenvalue weighted by Crippen LogP contribution is 2.33. The zero-order chi connectivity index (χ0) is 30.3. The number of benzene rings is 2. The van der Waals surface area contributed by atoms with Gasteiger partial charge in [0, 0.05) is 49.1 Å². The fourth-order valence-electron chi connectivity index (χ4n) is 4.03. The zero-order valence-corrected chi connectivity index (χ0v) is 22.8. The lowest BCUT2D eigenvalue weighted by Crippen LogP contribution is -2.51. The van der Waals surface area contributed by atoms with Gasteiger partial charge in [-0.2, -0.15) is 13.2 Å². The monoisotopic (exact) mass is 559 g/mol. The van der Waals surface area contributed by atoms with Crippen molar-refractivity contribution >= 4 is 23.6 Å². The maximum Gasteiger partial charge on any atom is 0.416 e. The van der Waals surface area contributed by atoms with Crippen LogP contribution in [0.25, 0.3) is 0 Å². The fourth-order valence-corrected chi connectivity index (χ4v) is 4.03. The molecule has 0 unspecified atom stereocenters. The van der Waals surface area contributed by atoms with Crippen LogP contribution in [-0.2, 0) is 22.3 Å². The highest BCUT2D eigenvalue weighted by atomic mass is 19.4. The molecule has 0 radical (unpaired) electrons. The van der Waals surface area contributed by atoms with Gasteiger partial charge in [0.05, 0.1) is 23.4 Å². The summed E-state index contributed by atoms with van der Waals surface area (Å²) < 4.78 is 50.4. The molecule has 0 aliphatic carbocycles. The largest absolute Gasteiger partial charge is 0.416 e. The number of hydrogen-bond acceptors (Lipinski definition) is 6. The number of Topliss-reactive ketones (excluding diaryl/α,β-unsaturated/α-hetero) is 1. The van der Waals surface area contributed by atoms with Crippen molar-refractivity contribution in [3.8, 4) is 0 Å². The Labute approximate surface area is 230 Å². The summed E-state index contributed by atoms with van der Waals surface area (Å²) in [6.45, 7) is 7.16. The van der Waals surface area contributed by atoms with Crippen LogP contribution >= 0.6 is 0 Å². The molecule has 11 heteroatoms. The van der Waals surface area contributed by atoms with E-state index in [1.165, 1.54) is 36.1 Å². The number of rotatable bonds is 5. The maximum absolute atomic E-state index is 12.8. The first-order chi connectivity index (χ1) is 18.6. The third-order valence-corrected chi connectivity index (χ3v) is 6.15. The summed E-state index contributed by atoms with van der Waals surface area (Å²) in [4.78, 5) is 30.8. The van der Waals surface area contributed by atoms with Gasteiger partial charge in [-0.15, -0.1) is 0 Å². The summed E-state index contributed by atoms with van der Waals surface area (Å²) >= 11 is 0. The number of allylic oxidation sites excluding steroid dienone is 1. The van der Waals surface area contributed by atoms with E-state index in [2.05, 4.69) is 4.99 Å². The molecule has 0 aromatic heterocycles. The summed E-state index contributed by atoms with van der Waals surface area (Å²) in [7, 11) is 0. The maximum atomic E-state index is 12.8. The fraction of sp³-hybridized carbons (Fsp3) is 0.310. The van der Waals surface area contributed by atoms with Crippen LogP contribution in [0, 0.1) is 23.6 Å². The number of aryl methyl sites for hydroxylation is 1. The molecule has 1 fully saturated rings. The Kier molecular flexibility index (Phi) is 10.5. The number of alkyl halides is 3. The number of ketones is 1. The minimum atomic E-state index is -4.43. The van der Waals surface area contributed by atoms with Crippen molar-refractivity contribution in [2.45, 2.75) is 40.4 Å². The SMILES string of the molecule is CC(=O)/C(N)=C1\CN(C(=O)/C(C=N)=C/N)CC(C)(C)C1=NCc1ccc(C(F)(F)F)cc1.Cc1ccc(F)cc1. The van der Waals surface area contributed by atoms with Gasteiger partial charge in [-0.3, -0.25) is 14.6 Å². The van der Waals surface area contributed by atoms with Crippen LogP contribution in [0.2, 0.25) is 0 Å². The smallest absolute Gasteiger partial charge is 0.404 e. The Morgan fingerprint density at radius 2 is 1.68 bits per heavy atom. The molecule has 5 N–H and O–H groups in total. The highest BCUT2D eigenvalue weighted by Gasteiger charge is 2.39. The number of nitrogens with two attached hydrogens (primary N) is 2. The predicted octanol–water partition coefficient (Wildman–Crippen LogP) is 4.94. The van der Waals surface area contributed by atoms with E-state index in [4.69, 9.17) is 16.9 Å². The molecule has 1 aliphatic heterocycles. The molecular formula is C29H33F4N5O2. The molecule has 0 spiro atoms. The Bertz CT molecular complexity index is 1300. The van der Waals surface area contributed by atoms with Gasteiger partial charge in [0.25, 0.3) is 5.91 Å². The number of aliphatic imine (C=N–C) groups is 1. The lowest BCUT2D eigenvalue weighted by atomic mass is 9.78. The number of likely N-dealkylation sites (tertiary alicyclic amines) is 1. The molecular weight excluding hydrogens is 526 g/mol. The molecule has 2 aromatic carbocycles. The minimum Gasteiger partial charge on any atom is -0.404 e. The average molecular weight is 560 g/mol. The van der Waals surface area contributed by atoms with E-state index in [0.717, 1.165) is 30.1 Å².